The van der Waals surface area contributed by atoms with Crippen LogP contribution >= 0.6 is 15.9 Å². The van der Waals surface area contributed by atoms with Gasteiger partial charge >= 0.3 is 5.97 Å². The quantitative estimate of drug-likeness (QED) is 0.882. The van der Waals surface area contributed by atoms with Crippen molar-refractivity contribution in [3.8, 4) is 5.75 Å². The van der Waals surface area contributed by atoms with Crippen LogP contribution in [0.1, 0.15) is 11.1 Å². The van der Waals surface area contributed by atoms with Gasteiger partial charge in [-0.15, -0.1) is 0 Å². The standard InChI is InChI=1S/C15H11BrF2O3/c16-12-6-11(17)7-13(18)15(12)21-8-10-3-1-9(2-4-10)5-14(19)20/h1-4,6-7H,5,8H2,(H,19,20). The van der Waals surface area contributed by atoms with Crippen LogP contribution in [-0.4, -0.2) is 11.1 Å². The molecule has 21 heavy (non-hydrogen) atoms. The summed E-state index contributed by atoms with van der Waals surface area (Å²) in [6.45, 7) is 0.0918. The van der Waals surface area contributed by atoms with Crippen LogP contribution in [0.15, 0.2) is 40.9 Å². The minimum atomic E-state index is -0.906. The van der Waals surface area contributed by atoms with Gasteiger partial charge in [-0.1, -0.05) is 24.3 Å². The fourth-order valence-corrected chi connectivity index (χ4v) is 2.27. The van der Waals surface area contributed by atoms with Crippen LogP contribution in [0.4, 0.5) is 8.78 Å². The maximum Gasteiger partial charge on any atom is 0.307 e. The maximum atomic E-state index is 13.6. The van der Waals surface area contributed by atoms with Crippen LogP contribution in [0.25, 0.3) is 0 Å². The second kappa shape index (κ2) is 6.67. The molecule has 0 heterocycles. The Morgan fingerprint density at radius 1 is 1.14 bits per heavy atom. The molecule has 0 bridgehead atoms. The molecule has 0 radical (unpaired) electrons. The van der Waals surface area contributed by atoms with E-state index in [1.807, 2.05) is 0 Å². The number of benzene rings is 2. The Balaban J connectivity index is 2.05. The van der Waals surface area contributed by atoms with Gasteiger partial charge in [-0.05, 0) is 33.1 Å². The SMILES string of the molecule is O=C(O)Cc1ccc(COc2c(F)cc(F)cc2Br)cc1. The van der Waals surface area contributed by atoms with Crippen molar-refractivity contribution in [1.82, 2.24) is 0 Å². The average molecular weight is 357 g/mol. The number of carboxylic acids is 1. The molecule has 0 aliphatic carbocycles. The average Bonchev–Trinajstić information content (AvgIpc) is 2.38. The van der Waals surface area contributed by atoms with Crippen LogP contribution in [0.2, 0.25) is 0 Å². The van der Waals surface area contributed by atoms with Gasteiger partial charge in [0.25, 0.3) is 0 Å². The van der Waals surface area contributed by atoms with Gasteiger partial charge in [0, 0.05) is 6.07 Å². The fourth-order valence-electron chi connectivity index (χ4n) is 1.75. The Labute approximate surface area is 128 Å². The Hall–Kier alpha value is -1.95. The van der Waals surface area contributed by atoms with E-state index in [-0.39, 0.29) is 23.2 Å². The van der Waals surface area contributed by atoms with E-state index in [1.165, 1.54) is 0 Å². The highest BCUT2D eigenvalue weighted by atomic mass is 79.9. The summed E-state index contributed by atoms with van der Waals surface area (Å²) in [5.41, 5.74) is 1.42. The van der Waals surface area contributed by atoms with Gasteiger partial charge < -0.3 is 9.84 Å². The number of hydrogen-bond acceptors (Lipinski definition) is 2. The van der Waals surface area contributed by atoms with Crippen molar-refractivity contribution in [2.24, 2.45) is 0 Å². The molecule has 0 unspecified atom stereocenters. The van der Waals surface area contributed by atoms with Crippen molar-refractivity contribution >= 4 is 21.9 Å². The van der Waals surface area contributed by atoms with Crippen molar-refractivity contribution in [2.45, 2.75) is 13.0 Å². The highest BCUT2D eigenvalue weighted by molar-refractivity contribution is 9.10. The third-order valence-electron chi connectivity index (χ3n) is 2.72. The predicted molar refractivity (Wildman–Crippen MR) is 76.2 cm³/mol. The number of hydrogen-bond donors (Lipinski definition) is 1. The highest BCUT2D eigenvalue weighted by Crippen LogP contribution is 2.29. The summed E-state index contributed by atoms with van der Waals surface area (Å²) in [5, 5.41) is 8.67. The van der Waals surface area contributed by atoms with Crippen molar-refractivity contribution in [1.29, 1.82) is 0 Å². The maximum absolute atomic E-state index is 13.6. The van der Waals surface area contributed by atoms with Crippen LogP contribution in [0.5, 0.6) is 5.75 Å². The molecule has 0 aliphatic rings. The first-order chi connectivity index (χ1) is 9.95. The number of carboxylic acid groups (broad SMARTS) is 1. The first-order valence-electron chi connectivity index (χ1n) is 6.02. The monoisotopic (exact) mass is 356 g/mol. The molecule has 0 fully saturated rings. The molecule has 110 valence electrons. The number of halogens is 3. The normalized spacial score (nSPS) is 10.4. The van der Waals surface area contributed by atoms with Crippen molar-refractivity contribution in [3.05, 3.63) is 63.6 Å². The van der Waals surface area contributed by atoms with Gasteiger partial charge in [-0.3, -0.25) is 4.79 Å². The lowest BCUT2D eigenvalue weighted by Crippen LogP contribution is -2.01. The predicted octanol–water partition coefficient (Wildman–Crippen LogP) is 3.93. The van der Waals surface area contributed by atoms with Gasteiger partial charge in [0.05, 0.1) is 10.9 Å². The lowest BCUT2D eigenvalue weighted by Gasteiger charge is -2.10. The van der Waals surface area contributed by atoms with Gasteiger partial charge in [-0.2, -0.15) is 0 Å². The zero-order chi connectivity index (χ0) is 15.4. The lowest BCUT2D eigenvalue weighted by atomic mass is 10.1. The first kappa shape index (κ1) is 15.4. The summed E-state index contributed by atoms with van der Waals surface area (Å²) in [4.78, 5) is 10.6. The third-order valence-corrected chi connectivity index (χ3v) is 3.31. The van der Waals surface area contributed by atoms with Crippen molar-refractivity contribution in [3.63, 3.8) is 0 Å². The zero-order valence-corrected chi connectivity index (χ0v) is 12.4. The fraction of sp³-hybridized carbons (Fsp3) is 0.133. The summed E-state index contributed by atoms with van der Waals surface area (Å²) >= 11 is 3.04. The smallest absolute Gasteiger partial charge is 0.307 e. The van der Waals surface area contributed by atoms with E-state index in [0.29, 0.717) is 5.56 Å². The van der Waals surface area contributed by atoms with Gasteiger partial charge in [0.1, 0.15) is 12.4 Å². The minimum Gasteiger partial charge on any atom is -0.485 e. The Bertz CT molecular complexity index is 633. The molecule has 2 aromatic rings. The van der Waals surface area contributed by atoms with Crippen LogP contribution in [0.3, 0.4) is 0 Å². The number of aliphatic carboxylic acids is 1. The molecule has 6 heteroatoms. The van der Waals surface area contributed by atoms with Gasteiger partial charge in [-0.25, -0.2) is 8.78 Å². The molecule has 0 spiro atoms. The van der Waals surface area contributed by atoms with E-state index >= 15 is 0 Å². The number of rotatable bonds is 5. The van der Waals surface area contributed by atoms with E-state index < -0.39 is 17.6 Å². The molecule has 2 aromatic carbocycles. The summed E-state index contributed by atoms with van der Waals surface area (Å²) in [6, 6.07) is 8.61. The Kier molecular flexibility index (Phi) is 4.90. The van der Waals surface area contributed by atoms with E-state index in [2.05, 4.69) is 15.9 Å². The van der Waals surface area contributed by atoms with Crippen molar-refractivity contribution in [2.75, 3.05) is 0 Å². The van der Waals surface area contributed by atoms with Crippen LogP contribution < -0.4 is 4.74 Å². The summed E-state index contributed by atoms with van der Waals surface area (Å²) < 4.78 is 32.0. The van der Waals surface area contributed by atoms with E-state index in [1.54, 1.807) is 24.3 Å². The molecule has 3 nitrogen and oxygen atoms in total. The summed E-state index contributed by atoms with van der Waals surface area (Å²) in [5.74, 6) is -2.45. The minimum absolute atomic E-state index is 0.0563. The molecule has 0 saturated heterocycles. The van der Waals surface area contributed by atoms with Crippen LogP contribution in [-0.2, 0) is 17.8 Å². The topological polar surface area (TPSA) is 46.5 Å². The second-order valence-electron chi connectivity index (χ2n) is 4.37. The van der Waals surface area contributed by atoms with E-state index in [0.717, 1.165) is 17.7 Å². The summed E-state index contributed by atoms with van der Waals surface area (Å²) in [7, 11) is 0. The van der Waals surface area contributed by atoms with Gasteiger partial charge in [0.15, 0.2) is 11.6 Å². The third kappa shape index (κ3) is 4.26. The molecule has 0 atom stereocenters. The molecule has 0 aromatic heterocycles. The van der Waals surface area contributed by atoms with Crippen molar-refractivity contribution < 1.29 is 23.4 Å². The molecular weight excluding hydrogens is 346 g/mol. The number of ether oxygens (including phenoxy) is 1. The Morgan fingerprint density at radius 3 is 2.33 bits per heavy atom. The second-order valence-corrected chi connectivity index (χ2v) is 5.23. The van der Waals surface area contributed by atoms with Crippen LogP contribution in [0, 0.1) is 11.6 Å². The van der Waals surface area contributed by atoms with E-state index in [9.17, 15) is 13.6 Å². The molecule has 2 rings (SSSR count). The zero-order valence-electron chi connectivity index (χ0n) is 10.8. The molecular formula is C15H11BrF2O3. The first-order valence-corrected chi connectivity index (χ1v) is 6.82. The number of carbonyl (C=O) groups is 1. The van der Waals surface area contributed by atoms with Gasteiger partial charge in [0.2, 0.25) is 0 Å². The molecule has 0 amide bonds. The molecule has 1 N–H and O–H groups in total. The molecule has 0 aliphatic heterocycles. The van der Waals surface area contributed by atoms with E-state index in [4.69, 9.17) is 9.84 Å². The largest absolute Gasteiger partial charge is 0.485 e. The molecule has 0 saturated carbocycles. The Morgan fingerprint density at radius 2 is 1.76 bits per heavy atom. The lowest BCUT2D eigenvalue weighted by molar-refractivity contribution is -0.136. The highest BCUT2D eigenvalue weighted by Gasteiger charge is 2.11. The summed E-state index contributed by atoms with van der Waals surface area (Å²) in [6.07, 6.45) is -0.0563.